The highest BCUT2D eigenvalue weighted by Crippen LogP contribution is 1.96. The van der Waals surface area contributed by atoms with Crippen LogP contribution in [0.3, 0.4) is 0 Å². The molecule has 3 amide bonds. The third-order valence-electron chi connectivity index (χ3n) is 2.37. The summed E-state index contributed by atoms with van der Waals surface area (Å²) >= 11 is 0. The molecule has 104 valence electrons. The SMILES string of the molecule is CCCCN=C(N)NCCN1C(=O)CNC1=O.I. The Morgan fingerprint density at radius 1 is 1.56 bits per heavy atom. The van der Waals surface area contributed by atoms with Crippen LogP contribution in [0.5, 0.6) is 0 Å². The minimum Gasteiger partial charge on any atom is -0.370 e. The Labute approximate surface area is 124 Å². The fourth-order valence-corrected chi connectivity index (χ4v) is 1.39. The molecule has 0 spiro atoms. The molecule has 4 N–H and O–H groups in total. The topological polar surface area (TPSA) is 99.8 Å². The molecule has 0 atom stereocenters. The van der Waals surface area contributed by atoms with E-state index in [-0.39, 0.29) is 42.5 Å². The highest BCUT2D eigenvalue weighted by atomic mass is 127. The Morgan fingerprint density at radius 2 is 2.28 bits per heavy atom. The molecule has 0 unspecified atom stereocenters. The van der Waals surface area contributed by atoms with Gasteiger partial charge in [-0.2, -0.15) is 0 Å². The molecular formula is C10H20IN5O2. The maximum absolute atomic E-state index is 11.2. The van der Waals surface area contributed by atoms with Crippen molar-refractivity contribution >= 4 is 41.9 Å². The standard InChI is InChI=1S/C10H19N5O2.HI/c1-2-3-4-12-9(11)13-5-6-15-8(16)7-14-10(15)17;/h2-7H2,1H3,(H,14,17)(H3,11,12,13);1H. The van der Waals surface area contributed by atoms with E-state index >= 15 is 0 Å². The summed E-state index contributed by atoms with van der Waals surface area (Å²) < 4.78 is 0. The number of rotatable bonds is 6. The third kappa shape index (κ3) is 5.52. The number of imide groups is 1. The van der Waals surface area contributed by atoms with Crippen LogP contribution in [0.4, 0.5) is 4.79 Å². The summed E-state index contributed by atoms with van der Waals surface area (Å²) in [7, 11) is 0. The zero-order valence-electron chi connectivity index (χ0n) is 10.4. The molecule has 1 aliphatic heterocycles. The molecule has 8 heteroatoms. The van der Waals surface area contributed by atoms with Crippen molar-refractivity contribution in [2.75, 3.05) is 26.2 Å². The second-order valence-corrected chi connectivity index (χ2v) is 3.75. The molecule has 0 aromatic carbocycles. The van der Waals surface area contributed by atoms with E-state index in [2.05, 4.69) is 22.5 Å². The summed E-state index contributed by atoms with van der Waals surface area (Å²) in [5.41, 5.74) is 5.60. The summed E-state index contributed by atoms with van der Waals surface area (Å²) in [6.45, 7) is 3.57. The Hall–Kier alpha value is -1.06. The highest BCUT2D eigenvalue weighted by molar-refractivity contribution is 14.0. The lowest BCUT2D eigenvalue weighted by Crippen LogP contribution is -2.41. The van der Waals surface area contributed by atoms with Crippen molar-refractivity contribution in [1.82, 2.24) is 15.5 Å². The van der Waals surface area contributed by atoms with E-state index in [1.54, 1.807) is 0 Å². The number of amides is 3. The Balaban J connectivity index is 0.00000289. The molecule has 0 radical (unpaired) electrons. The van der Waals surface area contributed by atoms with Gasteiger partial charge in [0.05, 0.1) is 6.54 Å². The summed E-state index contributed by atoms with van der Waals surface area (Å²) in [6, 6.07) is -0.349. The summed E-state index contributed by atoms with van der Waals surface area (Å²) in [6.07, 6.45) is 2.06. The second kappa shape index (κ2) is 8.95. The molecule has 0 bridgehead atoms. The maximum atomic E-state index is 11.2. The summed E-state index contributed by atoms with van der Waals surface area (Å²) in [5.74, 6) is 0.142. The van der Waals surface area contributed by atoms with Gasteiger partial charge in [-0.1, -0.05) is 13.3 Å². The molecule has 0 saturated carbocycles. The Kier molecular flexibility index (Phi) is 8.42. The molecule has 0 aliphatic carbocycles. The van der Waals surface area contributed by atoms with Gasteiger partial charge < -0.3 is 16.4 Å². The van der Waals surface area contributed by atoms with Crippen molar-refractivity contribution in [3.63, 3.8) is 0 Å². The molecule has 0 aromatic heterocycles. The predicted molar refractivity (Wildman–Crippen MR) is 79.9 cm³/mol. The van der Waals surface area contributed by atoms with Crippen LogP contribution in [0.2, 0.25) is 0 Å². The molecule has 1 saturated heterocycles. The number of halogens is 1. The first-order valence-corrected chi connectivity index (χ1v) is 5.77. The predicted octanol–water partition coefficient (Wildman–Crippen LogP) is -0.139. The minimum absolute atomic E-state index is 0. The van der Waals surface area contributed by atoms with Gasteiger partial charge in [0, 0.05) is 19.6 Å². The van der Waals surface area contributed by atoms with Crippen LogP contribution in [0.1, 0.15) is 19.8 Å². The first-order valence-electron chi connectivity index (χ1n) is 5.77. The van der Waals surface area contributed by atoms with E-state index < -0.39 is 0 Å². The Bertz CT molecular complexity index is 305. The van der Waals surface area contributed by atoms with Gasteiger partial charge in [0.25, 0.3) is 0 Å². The Morgan fingerprint density at radius 3 is 2.83 bits per heavy atom. The molecule has 1 rings (SSSR count). The van der Waals surface area contributed by atoms with Crippen molar-refractivity contribution in [2.24, 2.45) is 10.7 Å². The van der Waals surface area contributed by atoms with Crippen LogP contribution in [-0.2, 0) is 4.79 Å². The number of nitrogens with two attached hydrogens (primary N) is 1. The molecule has 7 nitrogen and oxygen atoms in total. The van der Waals surface area contributed by atoms with Crippen LogP contribution in [0.15, 0.2) is 4.99 Å². The molecule has 1 fully saturated rings. The average molecular weight is 369 g/mol. The summed E-state index contributed by atoms with van der Waals surface area (Å²) in [4.78, 5) is 27.7. The number of hydrogen-bond donors (Lipinski definition) is 3. The lowest BCUT2D eigenvalue weighted by Gasteiger charge is -2.12. The van der Waals surface area contributed by atoms with Gasteiger partial charge in [-0.05, 0) is 6.42 Å². The summed E-state index contributed by atoms with van der Waals surface area (Å²) in [5, 5.41) is 5.31. The lowest BCUT2D eigenvalue weighted by atomic mass is 10.3. The van der Waals surface area contributed by atoms with Crippen LogP contribution < -0.4 is 16.4 Å². The zero-order valence-corrected chi connectivity index (χ0v) is 12.8. The van der Waals surface area contributed by atoms with Crippen molar-refractivity contribution in [3.8, 4) is 0 Å². The third-order valence-corrected chi connectivity index (χ3v) is 2.37. The van der Waals surface area contributed by atoms with Gasteiger partial charge in [0.15, 0.2) is 5.96 Å². The van der Waals surface area contributed by atoms with Crippen molar-refractivity contribution in [3.05, 3.63) is 0 Å². The monoisotopic (exact) mass is 369 g/mol. The number of aliphatic imine (C=N–C) groups is 1. The van der Waals surface area contributed by atoms with Gasteiger partial charge in [0.1, 0.15) is 0 Å². The molecule has 18 heavy (non-hydrogen) atoms. The number of urea groups is 1. The average Bonchev–Trinajstić information content (AvgIpc) is 2.61. The van der Waals surface area contributed by atoms with E-state index in [0.717, 1.165) is 17.7 Å². The number of nitrogens with zero attached hydrogens (tertiary/aromatic N) is 2. The van der Waals surface area contributed by atoms with Gasteiger partial charge in [-0.25, -0.2) is 4.79 Å². The van der Waals surface area contributed by atoms with E-state index in [1.807, 2.05) is 0 Å². The van der Waals surface area contributed by atoms with E-state index in [0.29, 0.717) is 25.6 Å². The number of hydrogen-bond acceptors (Lipinski definition) is 3. The smallest absolute Gasteiger partial charge is 0.324 e. The number of guanidine groups is 1. The van der Waals surface area contributed by atoms with Gasteiger partial charge in [-0.15, -0.1) is 24.0 Å². The molecular weight excluding hydrogens is 349 g/mol. The normalized spacial score (nSPS) is 15.4. The molecule has 1 aliphatic rings. The quantitative estimate of drug-likeness (QED) is 0.200. The van der Waals surface area contributed by atoms with Crippen LogP contribution in [-0.4, -0.2) is 49.0 Å². The lowest BCUT2D eigenvalue weighted by molar-refractivity contribution is -0.124. The van der Waals surface area contributed by atoms with Gasteiger partial charge >= 0.3 is 6.03 Å². The number of carbonyl (C=O) groups excluding carboxylic acids is 2. The fraction of sp³-hybridized carbons (Fsp3) is 0.700. The van der Waals surface area contributed by atoms with Crippen molar-refractivity contribution < 1.29 is 9.59 Å². The number of carbonyl (C=O) groups is 2. The first kappa shape index (κ1) is 16.9. The van der Waals surface area contributed by atoms with E-state index in [9.17, 15) is 9.59 Å². The zero-order chi connectivity index (χ0) is 12.7. The fourth-order valence-electron chi connectivity index (χ4n) is 1.39. The van der Waals surface area contributed by atoms with E-state index in [4.69, 9.17) is 5.73 Å². The largest absolute Gasteiger partial charge is 0.370 e. The first-order chi connectivity index (χ1) is 8.15. The molecule has 0 aromatic rings. The van der Waals surface area contributed by atoms with Crippen LogP contribution >= 0.6 is 24.0 Å². The highest BCUT2D eigenvalue weighted by Gasteiger charge is 2.27. The van der Waals surface area contributed by atoms with Crippen molar-refractivity contribution in [2.45, 2.75) is 19.8 Å². The van der Waals surface area contributed by atoms with Gasteiger partial charge in [-0.3, -0.25) is 14.7 Å². The molecule has 1 heterocycles. The van der Waals surface area contributed by atoms with E-state index in [1.165, 1.54) is 0 Å². The minimum atomic E-state index is -0.349. The second-order valence-electron chi connectivity index (χ2n) is 3.75. The van der Waals surface area contributed by atoms with Crippen molar-refractivity contribution in [1.29, 1.82) is 0 Å². The number of unbranched alkanes of at least 4 members (excludes halogenated alkanes) is 1. The van der Waals surface area contributed by atoms with Crippen LogP contribution in [0.25, 0.3) is 0 Å². The van der Waals surface area contributed by atoms with Gasteiger partial charge in [0.2, 0.25) is 5.91 Å². The van der Waals surface area contributed by atoms with Crippen LogP contribution in [0, 0.1) is 0 Å². The number of nitrogens with one attached hydrogen (secondary N) is 2. The maximum Gasteiger partial charge on any atom is 0.324 e.